The Hall–Kier alpha value is -0.0800. The minimum Gasteiger partial charge on any atom is -0.314 e. The van der Waals surface area contributed by atoms with Gasteiger partial charge in [0.05, 0.1) is 0 Å². The van der Waals surface area contributed by atoms with E-state index in [0.717, 1.165) is 12.0 Å². The van der Waals surface area contributed by atoms with Gasteiger partial charge in [0.15, 0.2) is 0 Å². The number of rotatable bonds is 4. The van der Waals surface area contributed by atoms with Crippen LogP contribution in [0.15, 0.2) is 0 Å². The van der Waals surface area contributed by atoms with E-state index in [4.69, 9.17) is 0 Å². The molecule has 90 valence electrons. The molecule has 2 unspecified atom stereocenters. The molecule has 0 aromatic heterocycles. The van der Waals surface area contributed by atoms with E-state index in [1.54, 1.807) is 0 Å². The Morgan fingerprint density at radius 2 is 1.80 bits per heavy atom. The van der Waals surface area contributed by atoms with Crippen LogP contribution in [0, 0.1) is 5.92 Å². The molecule has 1 saturated heterocycles. The first kappa shape index (κ1) is 13.0. The first-order valence-electron chi connectivity index (χ1n) is 6.45. The molecule has 0 spiro atoms. The van der Waals surface area contributed by atoms with Crippen molar-refractivity contribution in [2.24, 2.45) is 5.92 Å². The molecule has 0 saturated carbocycles. The lowest BCUT2D eigenvalue weighted by Crippen LogP contribution is -2.52. The van der Waals surface area contributed by atoms with Gasteiger partial charge < -0.3 is 10.2 Å². The topological polar surface area (TPSA) is 15.3 Å². The molecule has 0 bridgehead atoms. The second-order valence-electron chi connectivity index (χ2n) is 5.47. The average molecular weight is 212 g/mol. The van der Waals surface area contributed by atoms with Crippen LogP contribution in [-0.2, 0) is 0 Å². The maximum absolute atomic E-state index is 3.46. The average Bonchev–Trinajstić information content (AvgIpc) is 2.28. The fourth-order valence-electron chi connectivity index (χ4n) is 2.38. The third-order valence-corrected chi connectivity index (χ3v) is 4.55. The van der Waals surface area contributed by atoms with Gasteiger partial charge in [0.1, 0.15) is 0 Å². The second-order valence-corrected chi connectivity index (χ2v) is 5.47. The van der Waals surface area contributed by atoms with Crippen LogP contribution in [-0.4, -0.2) is 36.6 Å². The van der Waals surface area contributed by atoms with E-state index in [1.165, 1.54) is 32.4 Å². The first-order chi connectivity index (χ1) is 7.02. The summed E-state index contributed by atoms with van der Waals surface area (Å²) in [7, 11) is 2.09. The molecule has 1 heterocycles. The lowest BCUT2D eigenvalue weighted by Gasteiger charge is -2.43. The normalized spacial score (nSPS) is 26.2. The van der Waals surface area contributed by atoms with Crippen LogP contribution >= 0.6 is 0 Å². The number of piperidine rings is 1. The number of hydrogen-bond donors (Lipinski definition) is 1. The molecule has 1 aliphatic heterocycles. The number of likely N-dealkylation sites (tertiary alicyclic amines) is 1. The Bertz CT molecular complexity index is 183. The molecule has 2 atom stereocenters. The van der Waals surface area contributed by atoms with Crippen molar-refractivity contribution < 1.29 is 0 Å². The molecule has 0 aromatic rings. The summed E-state index contributed by atoms with van der Waals surface area (Å²) in [6.45, 7) is 11.9. The number of nitrogens with one attached hydrogen (secondary N) is 1. The zero-order valence-electron chi connectivity index (χ0n) is 11.1. The van der Waals surface area contributed by atoms with Gasteiger partial charge in [-0.3, -0.25) is 0 Å². The van der Waals surface area contributed by atoms with Gasteiger partial charge in [-0.25, -0.2) is 0 Å². The van der Waals surface area contributed by atoms with E-state index in [1.807, 2.05) is 0 Å². The fraction of sp³-hybridized carbons (Fsp3) is 1.00. The molecule has 1 N–H and O–H groups in total. The highest BCUT2D eigenvalue weighted by Crippen LogP contribution is 2.25. The van der Waals surface area contributed by atoms with Crippen LogP contribution < -0.4 is 5.32 Å². The molecule has 0 aliphatic carbocycles. The van der Waals surface area contributed by atoms with E-state index < -0.39 is 0 Å². The van der Waals surface area contributed by atoms with Crippen molar-refractivity contribution >= 4 is 0 Å². The van der Waals surface area contributed by atoms with Crippen LogP contribution in [0.25, 0.3) is 0 Å². The second kappa shape index (κ2) is 5.31. The first-order valence-corrected chi connectivity index (χ1v) is 6.45. The summed E-state index contributed by atoms with van der Waals surface area (Å²) < 4.78 is 0. The van der Waals surface area contributed by atoms with Crippen molar-refractivity contribution in [3.05, 3.63) is 0 Å². The number of hydrogen-bond acceptors (Lipinski definition) is 2. The van der Waals surface area contributed by atoms with Gasteiger partial charge in [-0.15, -0.1) is 0 Å². The zero-order valence-corrected chi connectivity index (χ0v) is 11.1. The van der Waals surface area contributed by atoms with E-state index >= 15 is 0 Å². The molecular formula is C13H28N2. The maximum Gasteiger partial charge on any atom is 0.0174 e. The summed E-state index contributed by atoms with van der Waals surface area (Å²) >= 11 is 0. The molecule has 2 heteroatoms. The Labute approximate surface area is 95.4 Å². The monoisotopic (exact) mass is 212 g/mol. The molecule has 1 aliphatic rings. The largest absolute Gasteiger partial charge is 0.314 e. The molecule has 0 radical (unpaired) electrons. The fourth-order valence-corrected chi connectivity index (χ4v) is 2.38. The molecular weight excluding hydrogens is 184 g/mol. The van der Waals surface area contributed by atoms with Crippen LogP contribution in [0.1, 0.15) is 47.0 Å². The Kier molecular flexibility index (Phi) is 4.60. The highest BCUT2D eigenvalue weighted by atomic mass is 15.2. The Morgan fingerprint density at radius 3 is 2.20 bits per heavy atom. The van der Waals surface area contributed by atoms with Gasteiger partial charge in [-0.1, -0.05) is 20.3 Å². The molecule has 2 nitrogen and oxygen atoms in total. The van der Waals surface area contributed by atoms with Gasteiger partial charge in [0.2, 0.25) is 0 Å². The van der Waals surface area contributed by atoms with Crippen LogP contribution in [0.2, 0.25) is 0 Å². The maximum atomic E-state index is 3.46. The van der Waals surface area contributed by atoms with E-state index in [-0.39, 0.29) is 0 Å². The zero-order chi connectivity index (χ0) is 11.5. The minimum absolute atomic E-state index is 0.381. The lowest BCUT2D eigenvalue weighted by atomic mass is 9.87. The molecule has 1 rings (SSSR count). The molecule has 15 heavy (non-hydrogen) atoms. The minimum atomic E-state index is 0.381. The van der Waals surface area contributed by atoms with Crippen LogP contribution in [0.3, 0.4) is 0 Å². The van der Waals surface area contributed by atoms with E-state index in [0.29, 0.717) is 5.54 Å². The lowest BCUT2D eigenvalue weighted by molar-refractivity contribution is 0.0909. The number of nitrogens with zero attached hydrogens (tertiary/aromatic N) is 1. The van der Waals surface area contributed by atoms with Gasteiger partial charge in [-0.05, 0) is 39.7 Å². The molecule has 0 amide bonds. The van der Waals surface area contributed by atoms with Gasteiger partial charge >= 0.3 is 0 Å². The highest BCUT2D eigenvalue weighted by Gasteiger charge is 2.31. The summed E-state index contributed by atoms with van der Waals surface area (Å²) in [6.07, 6.45) is 3.86. The molecule has 0 aromatic carbocycles. The third-order valence-electron chi connectivity index (χ3n) is 4.55. The van der Waals surface area contributed by atoms with Crippen molar-refractivity contribution in [3.8, 4) is 0 Å². The van der Waals surface area contributed by atoms with Crippen LogP contribution in [0.5, 0.6) is 0 Å². The van der Waals surface area contributed by atoms with Gasteiger partial charge in [0, 0.05) is 24.7 Å². The highest BCUT2D eigenvalue weighted by molar-refractivity contribution is 4.90. The van der Waals surface area contributed by atoms with Crippen molar-refractivity contribution in [1.82, 2.24) is 10.2 Å². The van der Waals surface area contributed by atoms with Crippen LogP contribution in [0.4, 0.5) is 0 Å². The summed E-state index contributed by atoms with van der Waals surface area (Å²) in [5.74, 6) is 0.823. The van der Waals surface area contributed by atoms with Gasteiger partial charge in [0.25, 0.3) is 0 Å². The van der Waals surface area contributed by atoms with Crippen molar-refractivity contribution in [3.63, 3.8) is 0 Å². The summed E-state index contributed by atoms with van der Waals surface area (Å²) in [6, 6.07) is 0.747. The van der Waals surface area contributed by atoms with E-state index in [9.17, 15) is 0 Å². The van der Waals surface area contributed by atoms with E-state index in [2.05, 4.69) is 45.0 Å². The summed E-state index contributed by atoms with van der Waals surface area (Å²) in [4.78, 5) is 2.66. The quantitative estimate of drug-likeness (QED) is 0.770. The predicted molar refractivity (Wildman–Crippen MR) is 67.2 cm³/mol. The van der Waals surface area contributed by atoms with Crippen molar-refractivity contribution in [2.45, 2.75) is 58.5 Å². The summed E-state index contributed by atoms with van der Waals surface area (Å²) in [5, 5.41) is 3.46. The summed E-state index contributed by atoms with van der Waals surface area (Å²) in [5.41, 5.74) is 0.381. The van der Waals surface area contributed by atoms with Crippen molar-refractivity contribution in [2.75, 3.05) is 20.1 Å². The standard InChI is InChI=1S/C13H28N2/c1-6-11(2)12(3)15-9-7-13(4,14-5)8-10-15/h11-12,14H,6-10H2,1-5H3. The molecule has 1 fully saturated rings. The SMILES string of the molecule is CCC(C)C(C)N1CCC(C)(NC)CC1. The Balaban J connectivity index is 2.43. The van der Waals surface area contributed by atoms with Gasteiger partial charge in [-0.2, -0.15) is 0 Å². The Morgan fingerprint density at radius 1 is 1.27 bits per heavy atom. The van der Waals surface area contributed by atoms with Crippen molar-refractivity contribution in [1.29, 1.82) is 0 Å². The smallest absolute Gasteiger partial charge is 0.0174 e. The predicted octanol–water partition coefficient (Wildman–Crippen LogP) is 2.49. The third kappa shape index (κ3) is 3.18.